The van der Waals surface area contributed by atoms with E-state index in [2.05, 4.69) is 24.9 Å². The van der Waals surface area contributed by atoms with Crippen molar-refractivity contribution >= 4 is 11.6 Å². The van der Waals surface area contributed by atoms with Crippen LogP contribution in [-0.2, 0) is 0 Å². The summed E-state index contributed by atoms with van der Waals surface area (Å²) in [5.74, 6) is 0. The van der Waals surface area contributed by atoms with Gasteiger partial charge in [0.2, 0.25) is 0 Å². The monoisotopic (exact) mass is 256 g/mol. The molecule has 1 aromatic rings. The van der Waals surface area contributed by atoms with Crippen molar-refractivity contribution in [3.8, 4) is 0 Å². The van der Waals surface area contributed by atoms with Crippen LogP contribution in [0.4, 0.5) is 0 Å². The maximum atomic E-state index is 5.94. The predicted molar refractivity (Wildman–Crippen MR) is 69.3 cm³/mol. The topological polar surface area (TPSA) is 36.5 Å². The fourth-order valence-corrected chi connectivity index (χ4v) is 2.77. The third-order valence-corrected chi connectivity index (χ3v) is 4.05. The lowest BCUT2D eigenvalue weighted by Crippen LogP contribution is -3.27. The Morgan fingerprint density at radius 1 is 1.18 bits per heavy atom. The van der Waals surface area contributed by atoms with E-state index in [0.29, 0.717) is 6.04 Å². The molecule has 94 valence electrons. The van der Waals surface area contributed by atoms with E-state index in [4.69, 9.17) is 11.6 Å². The summed E-state index contributed by atoms with van der Waals surface area (Å²) in [6.45, 7) is 5.97. The minimum absolute atomic E-state index is 0.528. The summed E-state index contributed by atoms with van der Waals surface area (Å²) in [4.78, 5) is 3.32. The van der Waals surface area contributed by atoms with Crippen LogP contribution >= 0.6 is 11.6 Å². The highest BCUT2D eigenvalue weighted by Crippen LogP contribution is 2.13. The molecular weight excluding hydrogens is 234 g/mol. The van der Waals surface area contributed by atoms with Gasteiger partial charge >= 0.3 is 0 Å². The van der Waals surface area contributed by atoms with Crippen molar-refractivity contribution in [2.75, 3.05) is 39.8 Å². The maximum Gasteiger partial charge on any atom is 0.163 e. The lowest BCUT2D eigenvalue weighted by Gasteiger charge is -2.32. The molecule has 1 fully saturated rings. The average Bonchev–Trinajstić information content (AvgIpc) is 2.35. The SMILES string of the molecule is C[NH+]1CC[NH+]([C@H](C[NH3+])c2ccc(Cl)cc2)CC1. The molecule has 0 unspecified atom stereocenters. The summed E-state index contributed by atoms with van der Waals surface area (Å²) in [6.07, 6.45) is 0. The van der Waals surface area contributed by atoms with Crippen molar-refractivity contribution in [2.45, 2.75) is 6.04 Å². The van der Waals surface area contributed by atoms with Gasteiger partial charge in [0.1, 0.15) is 32.7 Å². The summed E-state index contributed by atoms with van der Waals surface area (Å²) < 4.78 is 0. The quantitative estimate of drug-likeness (QED) is 0.562. The molecule has 0 bridgehead atoms. The van der Waals surface area contributed by atoms with Gasteiger partial charge < -0.3 is 15.5 Å². The number of likely N-dealkylation sites (N-methyl/N-ethyl adjacent to an activating group) is 1. The smallest absolute Gasteiger partial charge is 0.163 e. The van der Waals surface area contributed by atoms with Crippen molar-refractivity contribution in [1.29, 1.82) is 0 Å². The first-order valence-corrected chi connectivity index (χ1v) is 6.79. The average molecular weight is 257 g/mol. The van der Waals surface area contributed by atoms with Gasteiger partial charge in [0.25, 0.3) is 0 Å². The number of quaternary nitrogens is 3. The number of hydrogen-bond donors (Lipinski definition) is 3. The van der Waals surface area contributed by atoms with Crippen LogP contribution < -0.4 is 15.5 Å². The molecule has 2 rings (SSSR count). The number of benzene rings is 1. The van der Waals surface area contributed by atoms with Crippen LogP contribution in [-0.4, -0.2) is 39.8 Å². The van der Waals surface area contributed by atoms with E-state index in [9.17, 15) is 0 Å². The normalized spacial score (nSPS) is 26.8. The lowest BCUT2D eigenvalue weighted by molar-refractivity contribution is -1.02. The first-order valence-electron chi connectivity index (χ1n) is 6.41. The fourth-order valence-electron chi connectivity index (χ4n) is 2.65. The number of halogens is 1. The molecule has 0 radical (unpaired) electrons. The van der Waals surface area contributed by atoms with Crippen LogP contribution in [0.2, 0.25) is 5.02 Å². The van der Waals surface area contributed by atoms with Gasteiger partial charge in [-0.2, -0.15) is 0 Å². The van der Waals surface area contributed by atoms with Crippen molar-refractivity contribution in [3.63, 3.8) is 0 Å². The molecule has 0 aliphatic carbocycles. The van der Waals surface area contributed by atoms with E-state index < -0.39 is 0 Å². The molecule has 1 aliphatic rings. The van der Waals surface area contributed by atoms with Crippen LogP contribution in [0.25, 0.3) is 0 Å². The highest BCUT2D eigenvalue weighted by atomic mass is 35.5. The summed E-state index contributed by atoms with van der Waals surface area (Å²) in [5.41, 5.74) is 5.49. The van der Waals surface area contributed by atoms with Gasteiger partial charge in [-0.3, -0.25) is 0 Å². The molecule has 5 N–H and O–H groups in total. The highest BCUT2D eigenvalue weighted by molar-refractivity contribution is 6.30. The number of nitrogens with one attached hydrogen (secondary N) is 2. The number of piperazine rings is 1. The Balaban J connectivity index is 2.08. The lowest BCUT2D eigenvalue weighted by atomic mass is 10.0. The molecule has 1 aromatic carbocycles. The van der Waals surface area contributed by atoms with Crippen molar-refractivity contribution in [1.82, 2.24) is 0 Å². The molecule has 0 amide bonds. The molecule has 3 nitrogen and oxygen atoms in total. The zero-order valence-electron chi connectivity index (χ0n) is 10.5. The first kappa shape index (κ1) is 12.8. The van der Waals surface area contributed by atoms with Gasteiger partial charge in [-0.1, -0.05) is 23.7 Å². The maximum absolute atomic E-state index is 5.94. The molecule has 0 aromatic heterocycles. The van der Waals surface area contributed by atoms with Gasteiger partial charge in [0.15, 0.2) is 6.04 Å². The minimum Gasteiger partial charge on any atom is -0.352 e. The van der Waals surface area contributed by atoms with E-state index in [-0.39, 0.29) is 0 Å². The van der Waals surface area contributed by atoms with E-state index in [1.54, 1.807) is 9.80 Å². The molecule has 0 spiro atoms. The second-order valence-corrected chi connectivity index (χ2v) is 5.44. The Morgan fingerprint density at radius 2 is 1.76 bits per heavy atom. The van der Waals surface area contributed by atoms with Crippen LogP contribution in [0.1, 0.15) is 11.6 Å². The zero-order valence-corrected chi connectivity index (χ0v) is 11.3. The van der Waals surface area contributed by atoms with Gasteiger partial charge in [0, 0.05) is 10.6 Å². The molecule has 17 heavy (non-hydrogen) atoms. The second kappa shape index (κ2) is 5.83. The van der Waals surface area contributed by atoms with Crippen molar-refractivity contribution < 1.29 is 15.5 Å². The summed E-state index contributed by atoms with van der Waals surface area (Å²) >= 11 is 5.94. The standard InChI is InChI=1S/C13H20ClN3/c1-16-6-8-17(9-7-16)13(10-15)11-2-4-12(14)5-3-11/h2-5,13H,6-10,15H2,1H3/p+3/t13-/m1/s1. The Hall–Kier alpha value is -0.610. The second-order valence-electron chi connectivity index (χ2n) is 5.01. The highest BCUT2D eigenvalue weighted by Gasteiger charge is 2.29. The molecule has 1 atom stereocenters. The van der Waals surface area contributed by atoms with Crippen LogP contribution in [0.15, 0.2) is 24.3 Å². The van der Waals surface area contributed by atoms with E-state index in [1.165, 1.54) is 31.7 Å². The minimum atomic E-state index is 0.528. The summed E-state index contributed by atoms with van der Waals surface area (Å²) in [6, 6.07) is 8.80. The van der Waals surface area contributed by atoms with Crippen LogP contribution in [0, 0.1) is 0 Å². The number of hydrogen-bond acceptors (Lipinski definition) is 0. The molecular formula is C13H23ClN3+3. The van der Waals surface area contributed by atoms with E-state index in [0.717, 1.165) is 11.6 Å². The van der Waals surface area contributed by atoms with E-state index in [1.807, 2.05) is 12.1 Å². The summed E-state index contributed by atoms with van der Waals surface area (Å²) in [5, 5.41) is 0.814. The fraction of sp³-hybridized carbons (Fsp3) is 0.538. The number of rotatable bonds is 3. The van der Waals surface area contributed by atoms with Crippen molar-refractivity contribution in [2.24, 2.45) is 0 Å². The Bertz CT molecular complexity index is 344. The molecule has 1 heterocycles. The Morgan fingerprint density at radius 3 is 2.29 bits per heavy atom. The van der Waals surface area contributed by atoms with Gasteiger partial charge in [0.05, 0.1) is 7.05 Å². The third-order valence-electron chi connectivity index (χ3n) is 3.80. The molecule has 1 aliphatic heterocycles. The Kier molecular flexibility index (Phi) is 4.40. The Labute approximate surface area is 108 Å². The molecule has 4 heteroatoms. The van der Waals surface area contributed by atoms with Crippen LogP contribution in [0.3, 0.4) is 0 Å². The van der Waals surface area contributed by atoms with E-state index >= 15 is 0 Å². The van der Waals surface area contributed by atoms with Crippen LogP contribution in [0.5, 0.6) is 0 Å². The molecule has 0 saturated carbocycles. The van der Waals surface area contributed by atoms with Gasteiger partial charge in [-0.25, -0.2) is 0 Å². The van der Waals surface area contributed by atoms with Gasteiger partial charge in [-0.15, -0.1) is 0 Å². The summed E-state index contributed by atoms with van der Waals surface area (Å²) in [7, 11) is 2.28. The van der Waals surface area contributed by atoms with Crippen molar-refractivity contribution in [3.05, 3.63) is 34.9 Å². The molecule has 1 saturated heterocycles. The zero-order chi connectivity index (χ0) is 12.3. The first-order chi connectivity index (χ1) is 8.20. The third kappa shape index (κ3) is 3.19. The van der Waals surface area contributed by atoms with Gasteiger partial charge in [-0.05, 0) is 12.1 Å². The largest absolute Gasteiger partial charge is 0.352 e. The predicted octanol–water partition coefficient (Wildman–Crippen LogP) is -1.96.